The van der Waals surface area contributed by atoms with Crippen molar-refractivity contribution in [2.45, 2.75) is 31.7 Å². The van der Waals surface area contributed by atoms with Gasteiger partial charge in [0.25, 0.3) is 5.91 Å². The monoisotopic (exact) mass is 400 g/mol. The second-order valence-corrected chi connectivity index (χ2v) is 9.44. The highest BCUT2D eigenvalue weighted by atomic mass is 32.2. The fraction of sp³-hybridized carbons (Fsp3) is 0.688. The Balaban J connectivity index is 1.80. The molecule has 8 nitrogen and oxygen atoms in total. The van der Waals surface area contributed by atoms with Crippen LogP contribution in [0.2, 0.25) is 0 Å². The van der Waals surface area contributed by atoms with Crippen LogP contribution in [0.15, 0.2) is 10.9 Å². The van der Waals surface area contributed by atoms with E-state index in [1.165, 1.54) is 21.9 Å². The first kappa shape index (κ1) is 19.2. The summed E-state index contributed by atoms with van der Waals surface area (Å²) in [7, 11) is -3.42. The van der Waals surface area contributed by atoms with Crippen LogP contribution in [0.4, 0.5) is 0 Å². The molecule has 1 aromatic heterocycles. The van der Waals surface area contributed by atoms with Gasteiger partial charge in [0.2, 0.25) is 15.9 Å². The van der Waals surface area contributed by atoms with Crippen LogP contribution in [0.25, 0.3) is 0 Å². The lowest BCUT2D eigenvalue weighted by Crippen LogP contribution is -2.47. The van der Waals surface area contributed by atoms with Gasteiger partial charge in [-0.1, -0.05) is 6.42 Å². The number of nitrogens with zero attached hydrogens (tertiary/aromatic N) is 3. The Morgan fingerprint density at radius 2 is 2.08 bits per heavy atom. The third kappa shape index (κ3) is 4.24. The zero-order valence-corrected chi connectivity index (χ0v) is 16.4. The van der Waals surface area contributed by atoms with Crippen molar-refractivity contribution in [3.8, 4) is 0 Å². The minimum atomic E-state index is -3.42. The lowest BCUT2D eigenvalue weighted by Gasteiger charge is -2.30. The maximum Gasteiger partial charge on any atom is 0.273 e. The van der Waals surface area contributed by atoms with Gasteiger partial charge in [-0.15, -0.1) is 11.3 Å². The van der Waals surface area contributed by atoms with Gasteiger partial charge in [0, 0.05) is 37.6 Å². The number of fused-ring (bicyclic) bond motifs is 1. The molecule has 2 atom stereocenters. The summed E-state index contributed by atoms with van der Waals surface area (Å²) in [6.07, 6.45) is 3.97. The van der Waals surface area contributed by atoms with E-state index in [1.807, 2.05) is 0 Å². The number of nitrogens with one attached hydrogen (secondary N) is 1. The SMILES string of the molecule is CS(=O)(=O)N1CCCN(C(=O)c2cscn2)CCNC(=O)C2CCCC21. The van der Waals surface area contributed by atoms with Crippen molar-refractivity contribution in [3.63, 3.8) is 0 Å². The van der Waals surface area contributed by atoms with E-state index in [4.69, 9.17) is 0 Å². The lowest BCUT2D eigenvalue weighted by molar-refractivity contribution is -0.125. The third-order valence-electron chi connectivity index (χ3n) is 5.04. The molecule has 26 heavy (non-hydrogen) atoms. The Hall–Kier alpha value is -1.52. The number of carbonyl (C=O) groups is 2. The van der Waals surface area contributed by atoms with Crippen LogP contribution in [0.1, 0.15) is 36.2 Å². The Kier molecular flexibility index (Phi) is 5.93. The van der Waals surface area contributed by atoms with Crippen LogP contribution in [-0.2, 0) is 14.8 Å². The zero-order chi connectivity index (χ0) is 18.7. The molecule has 0 bridgehead atoms. The number of hydrogen-bond acceptors (Lipinski definition) is 6. The average Bonchev–Trinajstić information content (AvgIpc) is 3.25. The standard InChI is InChI=1S/C16H24N4O4S2/c1-26(23,24)20-8-3-7-19(16(22)13-10-25-11-18-13)9-6-17-15(21)12-4-2-5-14(12)20/h10-12,14H,2-9H2,1H3,(H,17,21). The number of sulfonamides is 1. The average molecular weight is 401 g/mol. The Morgan fingerprint density at radius 1 is 1.27 bits per heavy atom. The molecule has 144 valence electrons. The first-order valence-corrected chi connectivity index (χ1v) is 11.6. The molecule has 2 heterocycles. The Bertz CT molecular complexity index is 750. The number of carbonyl (C=O) groups excluding carboxylic acids is 2. The summed E-state index contributed by atoms with van der Waals surface area (Å²) in [5.74, 6) is -0.625. The first-order chi connectivity index (χ1) is 12.4. The van der Waals surface area contributed by atoms with Crippen molar-refractivity contribution in [2.24, 2.45) is 5.92 Å². The van der Waals surface area contributed by atoms with Crippen molar-refractivity contribution in [3.05, 3.63) is 16.6 Å². The van der Waals surface area contributed by atoms with Crippen LogP contribution >= 0.6 is 11.3 Å². The molecule has 1 saturated carbocycles. The molecule has 10 heteroatoms. The summed E-state index contributed by atoms with van der Waals surface area (Å²) in [5, 5.41) is 4.58. The smallest absolute Gasteiger partial charge is 0.273 e. The van der Waals surface area contributed by atoms with E-state index in [9.17, 15) is 18.0 Å². The Morgan fingerprint density at radius 3 is 2.77 bits per heavy atom. The molecule has 1 aromatic rings. The van der Waals surface area contributed by atoms with Gasteiger partial charge >= 0.3 is 0 Å². The fourth-order valence-corrected chi connectivity index (χ4v) is 5.56. The molecule has 3 rings (SSSR count). The molecule has 2 aliphatic rings. The molecule has 0 radical (unpaired) electrons. The predicted molar refractivity (Wildman–Crippen MR) is 98.3 cm³/mol. The minimum Gasteiger partial charge on any atom is -0.354 e. The van der Waals surface area contributed by atoms with Crippen LogP contribution in [0, 0.1) is 5.92 Å². The number of amides is 2. The highest BCUT2D eigenvalue weighted by Gasteiger charge is 2.40. The maximum atomic E-state index is 12.6. The third-order valence-corrected chi connectivity index (χ3v) is 6.93. The van der Waals surface area contributed by atoms with Crippen molar-refractivity contribution < 1.29 is 18.0 Å². The second-order valence-electron chi connectivity index (χ2n) is 6.79. The highest BCUT2D eigenvalue weighted by Crippen LogP contribution is 2.32. The van der Waals surface area contributed by atoms with Crippen LogP contribution in [0.3, 0.4) is 0 Å². The van der Waals surface area contributed by atoms with Crippen molar-refractivity contribution in [2.75, 3.05) is 32.4 Å². The van der Waals surface area contributed by atoms with Crippen LogP contribution in [0.5, 0.6) is 0 Å². The fourth-order valence-electron chi connectivity index (χ4n) is 3.83. The maximum absolute atomic E-state index is 12.6. The van der Waals surface area contributed by atoms with E-state index in [1.54, 1.807) is 15.8 Å². The summed E-state index contributed by atoms with van der Waals surface area (Å²) < 4.78 is 26.0. The largest absolute Gasteiger partial charge is 0.354 e. The van der Waals surface area contributed by atoms with Crippen molar-refractivity contribution in [1.82, 2.24) is 19.5 Å². The van der Waals surface area contributed by atoms with E-state index in [2.05, 4.69) is 10.3 Å². The van der Waals surface area contributed by atoms with E-state index < -0.39 is 10.0 Å². The second kappa shape index (κ2) is 8.01. The molecule has 2 unspecified atom stereocenters. The molecule has 1 saturated heterocycles. The highest BCUT2D eigenvalue weighted by molar-refractivity contribution is 7.88. The number of aromatic nitrogens is 1. The topological polar surface area (TPSA) is 99.7 Å². The van der Waals surface area contributed by atoms with Crippen molar-refractivity contribution in [1.29, 1.82) is 0 Å². The van der Waals surface area contributed by atoms with Gasteiger partial charge in [0.1, 0.15) is 5.69 Å². The van der Waals surface area contributed by atoms with E-state index in [0.29, 0.717) is 51.1 Å². The van der Waals surface area contributed by atoms with Gasteiger partial charge in [0.05, 0.1) is 17.7 Å². The van der Waals surface area contributed by atoms with E-state index in [-0.39, 0.29) is 23.8 Å². The molecule has 1 aliphatic heterocycles. The molecule has 1 N–H and O–H groups in total. The summed E-state index contributed by atoms with van der Waals surface area (Å²) in [5.41, 5.74) is 1.99. The molecule has 0 aromatic carbocycles. The first-order valence-electron chi connectivity index (χ1n) is 8.80. The predicted octanol–water partition coefficient (Wildman–Crippen LogP) is 0.536. The Labute approximate surface area is 157 Å². The van der Waals surface area contributed by atoms with Crippen molar-refractivity contribution >= 4 is 33.2 Å². The summed E-state index contributed by atoms with van der Waals surface area (Å²) in [4.78, 5) is 30.8. The van der Waals surface area contributed by atoms with E-state index in [0.717, 1.165) is 6.42 Å². The van der Waals surface area contributed by atoms with Gasteiger partial charge in [-0.3, -0.25) is 9.59 Å². The lowest BCUT2D eigenvalue weighted by atomic mass is 10.0. The summed E-state index contributed by atoms with van der Waals surface area (Å²) in [6, 6.07) is -0.286. The molecule has 2 amide bonds. The van der Waals surface area contributed by atoms with Gasteiger partial charge in [-0.25, -0.2) is 13.4 Å². The molecule has 1 aliphatic carbocycles. The van der Waals surface area contributed by atoms with Gasteiger partial charge in [-0.05, 0) is 19.3 Å². The molecular formula is C16H24N4O4S2. The molecule has 0 spiro atoms. The number of rotatable bonds is 2. The normalized spacial score (nSPS) is 26.0. The van der Waals surface area contributed by atoms with Crippen LogP contribution in [-0.4, -0.2) is 72.9 Å². The van der Waals surface area contributed by atoms with Gasteiger partial charge in [0.15, 0.2) is 0 Å². The van der Waals surface area contributed by atoms with E-state index >= 15 is 0 Å². The number of thiazole rings is 1. The van der Waals surface area contributed by atoms with Gasteiger partial charge in [-0.2, -0.15) is 4.31 Å². The summed E-state index contributed by atoms with van der Waals surface area (Å²) >= 11 is 1.35. The molecular weight excluding hydrogens is 376 g/mol. The number of hydrogen-bond donors (Lipinski definition) is 1. The zero-order valence-electron chi connectivity index (χ0n) is 14.8. The quantitative estimate of drug-likeness (QED) is 0.781. The minimum absolute atomic E-state index is 0.121. The van der Waals surface area contributed by atoms with Crippen LogP contribution < -0.4 is 5.32 Å². The van der Waals surface area contributed by atoms with Gasteiger partial charge < -0.3 is 10.2 Å². The summed E-state index contributed by atoms with van der Waals surface area (Å²) in [6.45, 7) is 1.49. The molecule has 2 fully saturated rings.